The molecule has 0 spiro atoms. The Morgan fingerprint density at radius 3 is 2.07 bits per heavy atom. The highest BCUT2D eigenvalue weighted by Gasteiger charge is 2.23. The molecule has 1 amide bonds. The number of ether oxygens (including phenoxy) is 2. The van der Waals surface area contributed by atoms with Crippen LogP contribution in [0.3, 0.4) is 0 Å². The van der Waals surface area contributed by atoms with Crippen molar-refractivity contribution in [3.63, 3.8) is 0 Å². The van der Waals surface area contributed by atoms with E-state index in [1.165, 1.54) is 70.6 Å². The number of hydrogen-bond donors (Lipinski definition) is 0. The van der Waals surface area contributed by atoms with Crippen LogP contribution in [0, 0.1) is 0 Å². The van der Waals surface area contributed by atoms with Crippen molar-refractivity contribution in [2.75, 3.05) is 13.7 Å². The SMILES string of the molecule is CCCCCCCCCCCCCCOc1ccc(CN(Cc2cccc[n+]2CCC)C(=O)c2ccccc2OC)cc1Cl. The number of aromatic nitrogens is 1. The molecule has 1 heterocycles. The monoisotopic (exact) mass is 621 g/mol. The first kappa shape index (κ1) is 35.4. The maximum absolute atomic E-state index is 13.9. The molecule has 3 aromatic rings. The average Bonchev–Trinajstić information content (AvgIpc) is 3.04. The van der Waals surface area contributed by atoms with Gasteiger partial charge < -0.3 is 14.4 Å². The fourth-order valence-electron chi connectivity index (χ4n) is 5.61. The van der Waals surface area contributed by atoms with E-state index >= 15 is 0 Å². The largest absolute Gasteiger partial charge is 0.496 e. The zero-order chi connectivity index (χ0) is 31.4. The topological polar surface area (TPSA) is 42.7 Å². The number of amides is 1. The second-order valence-corrected chi connectivity index (χ2v) is 12.2. The van der Waals surface area contributed by atoms with E-state index in [1.54, 1.807) is 7.11 Å². The van der Waals surface area contributed by atoms with Gasteiger partial charge >= 0.3 is 0 Å². The van der Waals surface area contributed by atoms with Crippen LogP contribution in [0.25, 0.3) is 0 Å². The summed E-state index contributed by atoms with van der Waals surface area (Å²) < 4.78 is 13.8. The summed E-state index contributed by atoms with van der Waals surface area (Å²) in [6.45, 7) is 6.87. The van der Waals surface area contributed by atoms with Crippen LogP contribution in [0.2, 0.25) is 5.02 Å². The van der Waals surface area contributed by atoms with Gasteiger partial charge in [-0.2, -0.15) is 0 Å². The Hall–Kier alpha value is -3.05. The van der Waals surface area contributed by atoms with E-state index in [9.17, 15) is 4.79 Å². The maximum Gasteiger partial charge on any atom is 0.258 e. The van der Waals surface area contributed by atoms with Crippen molar-refractivity contribution in [1.82, 2.24) is 4.90 Å². The van der Waals surface area contributed by atoms with Gasteiger partial charge in [-0.3, -0.25) is 4.79 Å². The van der Waals surface area contributed by atoms with Crippen molar-refractivity contribution in [2.45, 2.75) is 117 Å². The molecule has 0 radical (unpaired) electrons. The molecule has 44 heavy (non-hydrogen) atoms. The van der Waals surface area contributed by atoms with Gasteiger partial charge in [-0.15, -0.1) is 0 Å². The molecule has 6 heteroatoms. The Labute approximate surface area is 271 Å². The van der Waals surface area contributed by atoms with E-state index < -0.39 is 0 Å². The molecular formula is C38H54ClN2O3+. The minimum absolute atomic E-state index is 0.0854. The van der Waals surface area contributed by atoms with Crippen LogP contribution < -0.4 is 14.0 Å². The number of benzene rings is 2. The maximum atomic E-state index is 13.9. The Morgan fingerprint density at radius 2 is 1.41 bits per heavy atom. The third-order valence-corrected chi connectivity index (χ3v) is 8.40. The zero-order valence-corrected chi connectivity index (χ0v) is 28.1. The molecule has 0 aliphatic carbocycles. The first-order valence-corrected chi connectivity index (χ1v) is 17.3. The molecule has 0 saturated heterocycles. The van der Waals surface area contributed by atoms with Crippen LogP contribution in [0.4, 0.5) is 0 Å². The Morgan fingerprint density at radius 1 is 0.750 bits per heavy atom. The molecule has 0 aliphatic rings. The lowest BCUT2D eigenvalue weighted by atomic mass is 10.1. The second kappa shape index (κ2) is 20.8. The second-order valence-electron chi connectivity index (χ2n) is 11.7. The van der Waals surface area contributed by atoms with E-state index in [2.05, 4.69) is 30.7 Å². The van der Waals surface area contributed by atoms with Crippen molar-refractivity contribution < 1.29 is 18.8 Å². The van der Waals surface area contributed by atoms with Gasteiger partial charge in [-0.25, -0.2) is 4.57 Å². The van der Waals surface area contributed by atoms with E-state index in [4.69, 9.17) is 21.1 Å². The number of carbonyl (C=O) groups excluding carboxylic acids is 1. The zero-order valence-electron chi connectivity index (χ0n) is 27.4. The fourth-order valence-corrected chi connectivity index (χ4v) is 5.86. The summed E-state index contributed by atoms with van der Waals surface area (Å²) in [7, 11) is 1.60. The number of unbranched alkanes of at least 4 members (excludes halogenated alkanes) is 11. The Balaban J connectivity index is 1.54. The van der Waals surface area contributed by atoms with Gasteiger partial charge in [-0.05, 0) is 36.2 Å². The molecule has 5 nitrogen and oxygen atoms in total. The standard InChI is InChI=1S/C38H54ClN2O3/c1-4-6-7-8-9-10-11-12-13-14-15-20-28-44-37-25-24-32(29-35(37)39)30-41(31-33-21-18-19-27-40(33)26-5-2)38(42)34-22-16-17-23-36(34)43-3/h16-19,21-25,27,29H,4-15,20,26,28,30-31H2,1-3H3/q+1. The Kier molecular flexibility index (Phi) is 16.8. The van der Waals surface area contributed by atoms with E-state index in [0.29, 0.717) is 41.8 Å². The van der Waals surface area contributed by atoms with Crippen LogP contribution in [-0.4, -0.2) is 24.5 Å². The van der Waals surface area contributed by atoms with Gasteiger partial charge in [-0.1, -0.05) is 120 Å². The van der Waals surface area contributed by atoms with E-state index in [0.717, 1.165) is 30.6 Å². The number of rotatable bonds is 22. The van der Waals surface area contributed by atoms with Crippen LogP contribution >= 0.6 is 11.6 Å². The molecule has 2 aromatic carbocycles. The lowest BCUT2D eigenvalue weighted by molar-refractivity contribution is -0.705. The van der Waals surface area contributed by atoms with Crippen LogP contribution in [-0.2, 0) is 19.6 Å². The smallest absolute Gasteiger partial charge is 0.258 e. The van der Waals surface area contributed by atoms with Gasteiger partial charge in [0.25, 0.3) is 5.91 Å². The van der Waals surface area contributed by atoms with Crippen LogP contribution in [0.15, 0.2) is 66.9 Å². The van der Waals surface area contributed by atoms with Gasteiger partial charge in [0.05, 0.1) is 24.3 Å². The molecule has 0 atom stereocenters. The summed E-state index contributed by atoms with van der Waals surface area (Å²) in [5.41, 5.74) is 2.57. The predicted molar refractivity (Wildman–Crippen MR) is 182 cm³/mol. The molecule has 0 fully saturated rings. The van der Waals surface area contributed by atoms with Crippen molar-refractivity contribution in [3.05, 3.63) is 88.7 Å². The summed E-state index contributed by atoms with van der Waals surface area (Å²) in [6.07, 6.45) is 18.9. The van der Waals surface area contributed by atoms with E-state index in [-0.39, 0.29) is 5.91 Å². The average molecular weight is 622 g/mol. The first-order valence-electron chi connectivity index (χ1n) is 16.9. The minimum Gasteiger partial charge on any atom is -0.496 e. The summed E-state index contributed by atoms with van der Waals surface area (Å²) in [4.78, 5) is 15.7. The fraction of sp³-hybridized carbons (Fsp3) is 0.526. The van der Waals surface area contributed by atoms with Crippen LogP contribution in [0.5, 0.6) is 11.5 Å². The molecule has 0 N–H and O–H groups in total. The van der Waals surface area contributed by atoms with Crippen molar-refractivity contribution in [1.29, 1.82) is 0 Å². The molecule has 1 aromatic heterocycles. The lowest BCUT2D eigenvalue weighted by Gasteiger charge is -2.23. The number of aryl methyl sites for hydroxylation is 1. The molecule has 0 unspecified atom stereocenters. The van der Waals surface area contributed by atoms with Gasteiger partial charge in [0.2, 0.25) is 5.69 Å². The van der Waals surface area contributed by atoms with Crippen molar-refractivity contribution >= 4 is 17.5 Å². The quantitative estimate of drug-likeness (QED) is 0.0828. The molecule has 3 rings (SSSR count). The highest BCUT2D eigenvalue weighted by molar-refractivity contribution is 6.32. The molecule has 0 aliphatic heterocycles. The highest BCUT2D eigenvalue weighted by atomic mass is 35.5. The van der Waals surface area contributed by atoms with Gasteiger partial charge in [0.15, 0.2) is 6.20 Å². The Bertz CT molecular complexity index is 1250. The predicted octanol–water partition coefficient (Wildman–Crippen LogP) is 9.97. The summed E-state index contributed by atoms with van der Waals surface area (Å²) in [5.74, 6) is 1.18. The molecule has 0 bridgehead atoms. The first-order chi connectivity index (χ1) is 21.6. The lowest BCUT2D eigenvalue weighted by Crippen LogP contribution is -2.42. The summed E-state index contributed by atoms with van der Waals surface area (Å²) >= 11 is 6.68. The van der Waals surface area contributed by atoms with Gasteiger partial charge in [0.1, 0.15) is 24.6 Å². The third-order valence-electron chi connectivity index (χ3n) is 8.10. The van der Waals surface area contributed by atoms with Crippen molar-refractivity contribution in [2.24, 2.45) is 0 Å². The highest BCUT2D eigenvalue weighted by Crippen LogP contribution is 2.28. The summed E-state index contributed by atoms with van der Waals surface area (Å²) in [6, 6.07) is 19.4. The van der Waals surface area contributed by atoms with Crippen LogP contribution in [0.1, 0.15) is 119 Å². The number of para-hydroxylation sites is 1. The number of halogens is 1. The minimum atomic E-state index is -0.0854. The van der Waals surface area contributed by atoms with Crippen molar-refractivity contribution in [3.8, 4) is 11.5 Å². The summed E-state index contributed by atoms with van der Waals surface area (Å²) in [5, 5.41) is 0.576. The normalized spacial score (nSPS) is 11.0. The molecule has 240 valence electrons. The number of carbonyl (C=O) groups is 1. The molecular weight excluding hydrogens is 568 g/mol. The van der Waals surface area contributed by atoms with Gasteiger partial charge in [0, 0.05) is 25.1 Å². The molecule has 0 saturated carbocycles. The number of hydrogen-bond acceptors (Lipinski definition) is 3. The number of methoxy groups -OCH3 is 1. The van der Waals surface area contributed by atoms with E-state index in [1.807, 2.05) is 59.5 Å². The number of nitrogens with zero attached hydrogens (tertiary/aromatic N) is 2. The third kappa shape index (κ3) is 12.1. The number of pyridine rings is 1.